The third-order valence-corrected chi connectivity index (χ3v) is 13.2. The van der Waals surface area contributed by atoms with Gasteiger partial charge >= 0.3 is 14.3 Å². The molecule has 1 unspecified atom stereocenters. The Labute approximate surface area is 399 Å². The Kier molecular flexibility index (Phi) is 14.6. The van der Waals surface area contributed by atoms with Crippen LogP contribution in [0.5, 0.6) is 17.2 Å². The fourth-order valence-electron chi connectivity index (χ4n) is 8.70. The van der Waals surface area contributed by atoms with Crippen LogP contribution in [0.25, 0.3) is 33.7 Å². The standard InChI is InChI=1S/C47H44Cl2N3O13PS/c48-23-29-25-51(35-20-38(64-47(57)58)31-5-1-3-7-33(31)44(29)35)41(53)13-10-27-9-11-28(37(19-27)63-18-17-62-16-15-50-43(55)22-40(67)46(50)56)12-14-42(54)52-26-30(24-49)45-34-8-4-2-6-32(34)39(21-36(45)52)65-66(59,60)61/h1-14,19-21,29-30,40,47,57-58,67H,15-18,22-26H2,(H2,59,60,61)/b13-10+,14-12+/t29-,30-,40?/m1/s1. The molecule has 20 heteroatoms. The maximum Gasteiger partial charge on any atom is 0.524 e. The number of hydrogen-bond acceptors (Lipinski definition) is 12. The molecule has 5 aromatic rings. The normalized spacial score (nSPS) is 18.3. The summed E-state index contributed by atoms with van der Waals surface area (Å²) in [6.45, 7) is -1.41. The lowest BCUT2D eigenvalue weighted by Gasteiger charge is -2.18. The first-order chi connectivity index (χ1) is 32.1. The van der Waals surface area contributed by atoms with Crippen molar-refractivity contribution < 1.29 is 62.5 Å². The van der Waals surface area contributed by atoms with Crippen LogP contribution in [-0.4, -0.2) is 111 Å². The van der Waals surface area contributed by atoms with Crippen molar-refractivity contribution in [3.05, 3.63) is 113 Å². The van der Waals surface area contributed by atoms with E-state index >= 15 is 0 Å². The van der Waals surface area contributed by atoms with E-state index < -0.39 is 25.5 Å². The first-order valence-corrected chi connectivity index (χ1v) is 24.1. The van der Waals surface area contributed by atoms with Crippen LogP contribution in [0.15, 0.2) is 91.0 Å². The van der Waals surface area contributed by atoms with Crippen LogP contribution in [0.2, 0.25) is 0 Å². The predicted octanol–water partition coefficient (Wildman–Crippen LogP) is 6.33. The molecular formula is C47H44Cl2N3O13PS. The van der Waals surface area contributed by atoms with E-state index in [4.69, 9.17) is 41.9 Å². The van der Waals surface area contributed by atoms with Gasteiger partial charge in [-0.05, 0) is 45.7 Å². The summed E-state index contributed by atoms with van der Waals surface area (Å²) in [5.74, 6) is -1.25. The van der Waals surface area contributed by atoms with Crippen LogP contribution >= 0.6 is 43.7 Å². The Morgan fingerprint density at radius 3 is 1.88 bits per heavy atom. The highest BCUT2D eigenvalue weighted by Gasteiger charge is 2.37. The quantitative estimate of drug-likeness (QED) is 0.0131. The van der Waals surface area contributed by atoms with E-state index in [2.05, 4.69) is 12.6 Å². The Morgan fingerprint density at radius 1 is 0.761 bits per heavy atom. The van der Waals surface area contributed by atoms with Crippen LogP contribution in [0.3, 0.4) is 0 Å². The van der Waals surface area contributed by atoms with Crippen molar-refractivity contribution in [2.45, 2.75) is 30.0 Å². The van der Waals surface area contributed by atoms with Crippen LogP contribution in [0.1, 0.15) is 40.5 Å². The number of carbonyl (C=O) groups is 4. The van der Waals surface area contributed by atoms with Crippen molar-refractivity contribution in [3.63, 3.8) is 0 Å². The van der Waals surface area contributed by atoms with E-state index in [1.165, 1.54) is 23.1 Å². The molecule has 0 saturated carbocycles. The number of likely N-dealkylation sites (tertiary alicyclic amines) is 1. The van der Waals surface area contributed by atoms with Gasteiger partial charge in [-0.2, -0.15) is 12.6 Å². The number of alkyl halides is 2. The third kappa shape index (κ3) is 10.4. The number of ether oxygens (including phenoxy) is 3. The fraction of sp³-hybridized carbons (Fsp3) is 0.277. The summed E-state index contributed by atoms with van der Waals surface area (Å²) in [5.41, 5.74) is 3.52. The second-order valence-corrected chi connectivity index (χ2v) is 18.3. The van der Waals surface area contributed by atoms with Gasteiger partial charge in [-0.15, -0.1) is 23.2 Å². The number of aliphatic hydroxyl groups is 2. The maximum atomic E-state index is 14.0. The fourth-order valence-corrected chi connectivity index (χ4v) is 9.91. The van der Waals surface area contributed by atoms with Gasteiger partial charge in [0.2, 0.25) is 11.8 Å². The Balaban J connectivity index is 1.05. The van der Waals surface area contributed by atoms with E-state index in [9.17, 15) is 43.7 Å². The summed E-state index contributed by atoms with van der Waals surface area (Å²) < 4.78 is 34.2. The molecule has 67 heavy (non-hydrogen) atoms. The Hall–Kier alpha value is -5.46. The number of phosphoric acid groups is 1. The minimum absolute atomic E-state index is 0.0234. The molecule has 16 nitrogen and oxygen atoms in total. The number of fused-ring (bicyclic) bond motifs is 6. The van der Waals surface area contributed by atoms with Crippen LogP contribution < -0.4 is 23.8 Å². The average molecular weight is 993 g/mol. The zero-order valence-electron chi connectivity index (χ0n) is 35.4. The van der Waals surface area contributed by atoms with Crippen LogP contribution in [-0.2, 0) is 28.5 Å². The predicted molar refractivity (Wildman–Crippen MR) is 256 cm³/mol. The molecule has 3 atom stereocenters. The first-order valence-electron chi connectivity index (χ1n) is 21.0. The highest BCUT2D eigenvalue weighted by atomic mass is 35.5. The Morgan fingerprint density at radius 2 is 1.33 bits per heavy atom. The molecule has 3 heterocycles. The van der Waals surface area contributed by atoms with Gasteiger partial charge in [0.1, 0.15) is 23.9 Å². The second-order valence-electron chi connectivity index (χ2n) is 15.9. The molecule has 350 valence electrons. The molecule has 0 radical (unpaired) electrons. The minimum atomic E-state index is -4.97. The number of phosphoric ester groups is 1. The van der Waals surface area contributed by atoms with E-state index in [0.29, 0.717) is 44.4 Å². The minimum Gasteiger partial charge on any atom is -0.491 e. The van der Waals surface area contributed by atoms with Gasteiger partial charge < -0.3 is 38.7 Å². The van der Waals surface area contributed by atoms with E-state index in [1.54, 1.807) is 77.7 Å². The average Bonchev–Trinajstić information content (AvgIpc) is 3.95. The van der Waals surface area contributed by atoms with Gasteiger partial charge in [0.05, 0.1) is 36.4 Å². The summed E-state index contributed by atoms with van der Waals surface area (Å²) in [6.07, 6.45) is 5.91. The molecular weight excluding hydrogens is 948 g/mol. The molecule has 0 bridgehead atoms. The maximum absolute atomic E-state index is 14.0. The molecule has 0 aromatic heterocycles. The van der Waals surface area contributed by atoms with Gasteiger partial charge in [0.25, 0.3) is 11.8 Å². The number of benzene rings is 5. The molecule has 5 aromatic carbocycles. The highest BCUT2D eigenvalue weighted by Crippen LogP contribution is 2.49. The number of nitrogens with zero attached hydrogens (tertiary/aromatic N) is 3. The van der Waals surface area contributed by atoms with Gasteiger partial charge in [-0.3, -0.25) is 33.9 Å². The number of imide groups is 1. The van der Waals surface area contributed by atoms with Crippen molar-refractivity contribution in [1.29, 1.82) is 0 Å². The van der Waals surface area contributed by atoms with E-state index in [0.717, 1.165) is 21.4 Å². The number of anilines is 2. The third-order valence-electron chi connectivity index (χ3n) is 11.6. The number of carbonyl (C=O) groups excluding carboxylic acids is 4. The summed E-state index contributed by atoms with van der Waals surface area (Å²) in [6, 6.07) is 22.3. The molecule has 1 saturated heterocycles. The van der Waals surface area contributed by atoms with Crippen LogP contribution in [0.4, 0.5) is 11.4 Å². The van der Waals surface area contributed by atoms with Crippen molar-refractivity contribution in [2.75, 3.05) is 61.0 Å². The number of rotatable bonds is 17. The van der Waals surface area contributed by atoms with Crippen LogP contribution in [0, 0.1) is 0 Å². The largest absolute Gasteiger partial charge is 0.524 e. The van der Waals surface area contributed by atoms with Gasteiger partial charge in [-0.25, -0.2) is 4.57 Å². The molecule has 3 aliphatic rings. The molecule has 4 amide bonds. The zero-order chi connectivity index (χ0) is 47.6. The number of aliphatic hydroxyl groups excluding tert-OH is 1. The smallest absolute Gasteiger partial charge is 0.491 e. The molecule has 8 rings (SSSR count). The molecule has 1 fully saturated rings. The topological polar surface area (TPSA) is 213 Å². The molecule has 0 aliphatic carbocycles. The van der Waals surface area contributed by atoms with E-state index in [-0.39, 0.29) is 98.7 Å². The Bertz CT molecular complexity index is 2870. The number of hydrogen-bond donors (Lipinski definition) is 5. The second kappa shape index (κ2) is 20.4. The summed E-state index contributed by atoms with van der Waals surface area (Å²) >= 11 is 17.0. The lowest BCUT2D eigenvalue weighted by molar-refractivity contribution is -0.178. The first kappa shape index (κ1) is 48.0. The SMILES string of the molecule is O=C1CC(S)C(=O)N1CCOCCOc1cc(/C=C/C(=O)N2C[C@@H](CCl)c3c2cc(OC(O)O)c2ccccc32)ccc1/C=C/C(=O)N1C[C@@H](CCl)c2c1cc(OP(=O)(O)O)c1ccccc21. The van der Waals surface area contributed by atoms with Crippen molar-refractivity contribution in [2.24, 2.45) is 0 Å². The summed E-state index contributed by atoms with van der Waals surface area (Å²) in [4.78, 5) is 75.9. The number of halogens is 2. The lowest BCUT2D eigenvalue weighted by Crippen LogP contribution is -2.34. The van der Waals surface area contributed by atoms with Gasteiger partial charge in [0, 0.05) is 83.7 Å². The van der Waals surface area contributed by atoms with E-state index in [1.807, 2.05) is 12.1 Å². The van der Waals surface area contributed by atoms with Crippen molar-refractivity contribution >= 4 is 112 Å². The summed E-state index contributed by atoms with van der Waals surface area (Å²) in [7, 11) is -4.97. The zero-order valence-corrected chi connectivity index (χ0v) is 38.7. The van der Waals surface area contributed by atoms with Crippen molar-refractivity contribution in [3.8, 4) is 17.2 Å². The van der Waals surface area contributed by atoms with Gasteiger partial charge in [-0.1, -0.05) is 60.7 Å². The summed E-state index contributed by atoms with van der Waals surface area (Å²) in [5, 5.41) is 21.1. The molecule has 4 N–H and O–H groups in total. The highest BCUT2D eigenvalue weighted by molar-refractivity contribution is 7.81. The van der Waals surface area contributed by atoms with Gasteiger partial charge in [0.15, 0.2) is 0 Å². The lowest BCUT2D eigenvalue weighted by atomic mass is 9.95. The number of amides is 4. The van der Waals surface area contributed by atoms with Crippen molar-refractivity contribution in [1.82, 2.24) is 4.90 Å². The number of thiol groups is 1. The molecule has 0 spiro atoms. The molecule has 3 aliphatic heterocycles. The monoisotopic (exact) mass is 991 g/mol.